The highest BCUT2D eigenvalue weighted by Crippen LogP contribution is 2.34. The van der Waals surface area contributed by atoms with Gasteiger partial charge in [0.25, 0.3) is 0 Å². The number of hydrogen-bond donors (Lipinski definition) is 3. The molecule has 0 radical (unpaired) electrons. The van der Waals surface area contributed by atoms with Crippen LogP contribution in [-0.4, -0.2) is 24.2 Å². The van der Waals surface area contributed by atoms with Crippen molar-refractivity contribution in [2.45, 2.75) is 18.4 Å². The summed E-state index contributed by atoms with van der Waals surface area (Å²) in [6.45, 7) is 0.761. The highest BCUT2D eigenvalue weighted by atomic mass is 19.1. The Morgan fingerprint density at radius 1 is 1.07 bits per heavy atom. The van der Waals surface area contributed by atoms with Gasteiger partial charge in [-0.25, -0.2) is 13.6 Å². The minimum absolute atomic E-state index is 0.266. The van der Waals surface area contributed by atoms with Crippen LogP contribution >= 0.6 is 0 Å². The third-order valence-electron chi connectivity index (χ3n) is 4.96. The molecule has 1 aliphatic rings. The van der Waals surface area contributed by atoms with Crippen LogP contribution in [0, 0.1) is 11.6 Å². The number of amides is 2. The lowest BCUT2D eigenvalue weighted by atomic mass is 9.82. The van der Waals surface area contributed by atoms with Gasteiger partial charge in [0.15, 0.2) is 0 Å². The van der Waals surface area contributed by atoms with Crippen LogP contribution in [0.15, 0.2) is 48.7 Å². The summed E-state index contributed by atoms with van der Waals surface area (Å²) >= 11 is 0. The molecule has 1 aliphatic heterocycles. The number of urea groups is 1. The second-order valence-electron chi connectivity index (χ2n) is 6.68. The fraction of sp³-hybridized carbons (Fsp3) is 0.250. The molecule has 4 rings (SSSR count). The van der Waals surface area contributed by atoms with Crippen LogP contribution in [0.2, 0.25) is 0 Å². The van der Waals surface area contributed by atoms with Crippen molar-refractivity contribution in [1.29, 1.82) is 0 Å². The molecule has 27 heavy (non-hydrogen) atoms. The first kappa shape index (κ1) is 17.5. The second-order valence-corrected chi connectivity index (χ2v) is 6.68. The summed E-state index contributed by atoms with van der Waals surface area (Å²) in [5, 5.41) is 6.72. The van der Waals surface area contributed by atoms with Gasteiger partial charge in [-0.2, -0.15) is 0 Å². The number of ether oxygens (including phenoxy) is 1. The van der Waals surface area contributed by atoms with Gasteiger partial charge in [0.05, 0.1) is 5.54 Å². The van der Waals surface area contributed by atoms with E-state index in [1.807, 2.05) is 24.4 Å². The van der Waals surface area contributed by atoms with Crippen molar-refractivity contribution in [2.75, 3.05) is 18.5 Å². The Morgan fingerprint density at radius 2 is 1.89 bits per heavy atom. The number of anilines is 1. The lowest BCUT2D eigenvalue weighted by Gasteiger charge is -2.38. The first-order valence-corrected chi connectivity index (χ1v) is 8.75. The number of halogens is 2. The molecule has 0 aliphatic carbocycles. The van der Waals surface area contributed by atoms with Gasteiger partial charge in [-0.1, -0.05) is 12.1 Å². The predicted molar refractivity (Wildman–Crippen MR) is 98.5 cm³/mol. The lowest BCUT2D eigenvalue weighted by Crippen LogP contribution is -2.51. The molecule has 1 fully saturated rings. The topological polar surface area (TPSA) is 66.2 Å². The predicted octanol–water partition coefficient (Wildman–Crippen LogP) is 4.27. The molecule has 0 atom stereocenters. The molecule has 2 heterocycles. The monoisotopic (exact) mass is 371 g/mol. The van der Waals surface area contributed by atoms with Gasteiger partial charge in [0.1, 0.15) is 11.6 Å². The summed E-state index contributed by atoms with van der Waals surface area (Å²) in [6.07, 6.45) is 2.63. The zero-order chi connectivity index (χ0) is 18.9. The average Bonchev–Trinajstić information content (AvgIpc) is 3.10. The SMILES string of the molecule is O=C(Nc1ccc2cc[nH]c2c1)NC1(c2ccc(F)cc2F)CCOCC1. The molecular formula is C20H19F2N3O2. The molecule has 0 unspecified atom stereocenters. The summed E-state index contributed by atoms with van der Waals surface area (Å²) in [6, 6.07) is 10.4. The number of benzene rings is 2. The molecule has 1 aromatic heterocycles. The number of aromatic nitrogens is 1. The number of H-pyrrole nitrogens is 1. The van der Waals surface area contributed by atoms with Crippen LogP contribution in [0.4, 0.5) is 19.3 Å². The Kier molecular flexibility index (Phi) is 4.53. The van der Waals surface area contributed by atoms with E-state index in [9.17, 15) is 13.6 Å². The number of fused-ring (bicyclic) bond motifs is 1. The van der Waals surface area contributed by atoms with E-state index in [0.717, 1.165) is 17.0 Å². The maximum atomic E-state index is 14.4. The van der Waals surface area contributed by atoms with Crippen LogP contribution in [0.25, 0.3) is 10.9 Å². The molecule has 7 heteroatoms. The van der Waals surface area contributed by atoms with E-state index >= 15 is 0 Å². The van der Waals surface area contributed by atoms with E-state index < -0.39 is 23.2 Å². The highest BCUT2D eigenvalue weighted by Gasteiger charge is 2.38. The van der Waals surface area contributed by atoms with Crippen molar-refractivity contribution in [1.82, 2.24) is 10.3 Å². The van der Waals surface area contributed by atoms with E-state index in [1.165, 1.54) is 12.1 Å². The standard InChI is InChI=1S/C20H19F2N3O2/c21-14-2-4-16(17(22)11-14)20(6-9-27-10-7-20)25-19(26)24-15-3-1-13-5-8-23-18(13)12-15/h1-5,8,11-12,23H,6-7,9-10H2,(H2,24,25,26). The molecule has 0 spiro atoms. The largest absolute Gasteiger partial charge is 0.381 e. The van der Waals surface area contributed by atoms with E-state index in [0.29, 0.717) is 31.7 Å². The zero-order valence-electron chi connectivity index (χ0n) is 14.5. The molecule has 2 aromatic carbocycles. The van der Waals surface area contributed by atoms with Gasteiger partial charge in [0.2, 0.25) is 0 Å². The average molecular weight is 371 g/mol. The van der Waals surface area contributed by atoms with E-state index in [1.54, 1.807) is 6.07 Å². The molecule has 140 valence electrons. The number of nitrogens with one attached hydrogen (secondary N) is 3. The van der Waals surface area contributed by atoms with Crippen molar-refractivity contribution in [2.24, 2.45) is 0 Å². The number of rotatable bonds is 3. The lowest BCUT2D eigenvalue weighted by molar-refractivity contribution is 0.0404. The molecule has 2 amide bonds. The number of carbonyl (C=O) groups is 1. The Labute approximate surface area is 154 Å². The van der Waals surface area contributed by atoms with Crippen molar-refractivity contribution in [3.05, 3.63) is 65.9 Å². The van der Waals surface area contributed by atoms with E-state index in [-0.39, 0.29) is 5.56 Å². The third kappa shape index (κ3) is 3.50. The minimum atomic E-state index is -0.948. The van der Waals surface area contributed by atoms with Gasteiger partial charge in [-0.3, -0.25) is 0 Å². The normalized spacial score (nSPS) is 16.2. The van der Waals surface area contributed by atoms with Gasteiger partial charge < -0.3 is 20.4 Å². The molecule has 0 saturated carbocycles. The van der Waals surface area contributed by atoms with Crippen LogP contribution < -0.4 is 10.6 Å². The summed E-state index contributed by atoms with van der Waals surface area (Å²) in [7, 11) is 0. The first-order chi connectivity index (χ1) is 13.1. The van der Waals surface area contributed by atoms with Crippen molar-refractivity contribution in [3.8, 4) is 0 Å². The van der Waals surface area contributed by atoms with Gasteiger partial charge >= 0.3 is 6.03 Å². The Bertz CT molecular complexity index is 980. The molecule has 1 saturated heterocycles. The second kappa shape index (κ2) is 7.00. The fourth-order valence-electron chi connectivity index (χ4n) is 3.56. The van der Waals surface area contributed by atoms with Crippen LogP contribution in [0.5, 0.6) is 0 Å². The summed E-state index contributed by atoms with van der Waals surface area (Å²) in [4.78, 5) is 15.7. The first-order valence-electron chi connectivity index (χ1n) is 8.75. The fourth-order valence-corrected chi connectivity index (χ4v) is 3.56. The molecule has 3 N–H and O–H groups in total. The Hall–Kier alpha value is -2.93. The van der Waals surface area contributed by atoms with Gasteiger partial charge in [0, 0.05) is 42.2 Å². The Morgan fingerprint density at radius 3 is 2.67 bits per heavy atom. The summed E-state index contributed by atoms with van der Waals surface area (Å²) < 4.78 is 33.1. The summed E-state index contributed by atoms with van der Waals surface area (Å²) in [5.41, 5.74) is 0.834. The van der Waals surface area contributed by atoms with E-state index in [4.69, 9.17) is 4.74 Å². The summed E-state index contributed by atoms with van der Waals surface area (Å²) in [5.74, 6) is -1.33. The van der Waals surface area contributed by atoms with E-state index in [2.05, 4.69) is 15.6 Å². The van der Waals surface area contributed by atoms with Crippen LogP contribution in [0.3, 0.4) is 0 Å². The number of hydrogen-bond acceptors (Lipinski definition) is 2. The maximum absolute atomic E-state index is 14.4. The smallest absolute Gasteiger partial charge is 0.319 e. The third-order valence-corrected chi connectivity index (χ3v) is 4.96. The quantitative estimate of drug-likeness (QED) is 0.644. The maximum Gasteiger partial charge on any atom is 0.319 e. The van der Waals surface area contributed by atoms with Crippen LogP contribution in [-0.2, 0) is 10.3 Å². The Balaban J connectivity index is 1.58. The van der Waals surface area contributed by atoms with Crippen molar-refractivity contribution >= 4 is 22.6 Å². The van der Waals surface area contributed by atoms with Crippen molar-refractivity contribution in [3.63, 3.8) is 0 Å². The van der Waals surface area contributed by atoms with Crippen LogP contribution in [0.1, 0.15) is 18.4 Å². The zero-order valence-corrected chi connectivity index (χ0v) is 14.5. The molecule has 5 nitrogen and oxygen atoms in total. The van der Waals surface area contributed by atoms with Gasteiger partial charge in [-0.05, 0) is 42.5 Å². The van der Waals surface area contributed by atoms with Crippen molar-refractivity contribution < 1.29 is 18.3 Å². The molecule has 3 aromatic rings. The molecule has 0 bridgehead atoms. The van der Waals surface area contributed by atoms with Gasteiger partial charge in [-0.15, -0.1) is 0 Å². The number of carbonyl (C=O) groups excluding carboxylic acids is 1. The molecular weight excluding hydrogens is 352 g/mol. The number of aromatic amines is 1. The minimum Gasteiger partial charge on any atom is -0.381 e. The highest BCUT2D eigenvalue weighted by molar-refractivity contribution is 5.93.